The van der Waals surface area contributed by atoms with Gasteiger partial charge in [-0.1, -0.05) is 36.4 Å². The van der Waals surface area contributed by atoms with Crippen molar-refractivity contribution in [3.8, 4) is 5.75 Å². The second-order valence-electron chi connectivity index (χ2n) is 4.74. The molecule has 0 bridgehead atoms. The second-order valence-corrected chi connectivity index (χ2v) is 4.74. The first-order chi connectivity index (χ1) is 10.7. The summed E-state index contributed by atoms with van der Waals surface area (Å²) in [6, 6.07) is 16.4. The van der Waals surface area contributed by atoms with E-state index in [1.54, 1.807) is 18.2 Å². The molecule has 112 valence electrons. The van der Waals surface area contributed by atoms with Crippen molar-refractivity contribution >= 4 is 11.7 Å². The summed E-state index contributed by atoms with van der Waals surface area (Å²) in [5, 5.41) is 0. The lowest BCUT2D eigenvalue weighted by Gasteiger charge is -2.22. The summed E-state index contributed by atoms with van der Waals surface area (Å²) in [4.78, 5) is 14.2. The van der Waals surface area contributed by atoms with Crippen molar-refractivity contribution in [2.45, 2.75) is 0 Å². The Balaban J connectivity index is 2.15. The van der Waals surface area contributed by atoms with E-state index in [4.69, 9.17) is 4.74 Å². The van der Waals surface area contributed by atoms with Gasteiger partial charge in [0.2, 0.25) is 0 Å². The number of esters is 1. The van der Waals surface area contributed by atoms with Crippen LogP contribution in [0.5, 0.6) is 5.75 Å². The number of nitrogens with zero attached hydrogens (tertiary/aromatic N) is 1. The fraction of sp³-hybridized carbons (Fsp3) is 0.105. The van der Waals surface area contributed by atoms with Crippen molar-refractivity contribution < 1.29 is 9.53 Å². The third kappa shape index (κ3) is 4.09. The fourth-order valence-corrected chi connectivity index (χ4v) is 2.08. The summed E-state index contributed by atoms with van der Waals surface area (Å²) in [6.45, 7) is 8.91. The van der Waals surface area contributed by atoms with Crippen molar-refractivity contribution in [3.05, 3.63) is 85.5 Å². The average Bonchev–Trinajstić information content (AvgIpc) is 2.56. The van der Waals surface area contributed by atoms with Crippen LogP contribution in [-0.2, 0) is 0 Å². The topological polar surface area (TPSA) is 29.5 Å². The van der Waals surface area contributed by atoms with Crippen molar-refractivity contribution in [1.82, 2.24) is 0 Å². The first-order valence-corrected chi connectivity index (χ1v) is 7.08. The van der Waals surface area contributed by atoms with Crippen LogP contribution in [0.3, 0.4) is 0 Å². The SMILES string of the molecule is C=CCN(CC=C)c1cccc(OC(=O)c2ccccc2)c1. The lowest BCUT2D eigenvalue weighted by molar-refractivity contribution is 0.0735. The van der Waals surface area contributed by atoms with Gasteiger partial charge < -0.3 is 9.64 Å². The lowest BCUT2D eigenvalue weighted by atomic mass is 10.2. The molecule has 0 aromatic heterocycles. The minimum absolute atomic E-state index is 0.364. The number of carbonyl (C=O) groups is 1. The standard InChI is InChI=1S/C19H19NO2/c1-3-13-20(14-4-2)17-11-8-12-18(15-17)22-19(21)16-9-6-5-7-10-16/h3-12,15H,1-2,13-14H2. The van der Waals surface area contributed by atoms with Crippen LogP contribution in [-0.4, -0.2) is 19.1 Å². The van der Waals surface area contributed by atoms with Crippen LogP contribution < -0.4 is 9.64 Å². The molecule has 0 fully saturated rings. The van der Waals surface area contributed by atoms with E-state index in [0.717, 1.165) is 5.69 Å². The van der Waals surface area contributed by atoms with Crippen molar-refractivity contribution in [2.75, 3.05) is 18.0 Å². The number of hydrogen-bond donors (Lipinski definition) is 0. The maximum Gasteiger partial charge on any atom is 0.343 e. The van der Waals surface area contributed by atoms with Crippen molar-refractivity contribution in [1.29, 1.82) is 0 Å². The zero-order valence-corrected chi connectivity index (χ0v) is 12.4. The van der Waals surface area contributed by atoms with Gasteiger partial charge in [0.1, 0.15) is 5.75 Å². The molecule has 0 atom stereocenters. The van der Waals surface area contributed by atoms with E-state index in [2.05, 4.69) is 18.1 Å². The minimum Gasteiger partial charge on any atom is -0.423 e. The number of carbonyl (C=O) groups excluding carboxylic acids is 1. The Morgan fingerprint density at radius 1 is 1.00 bits per heavy atom. The molecule has 0 unspecified atom stereocenters. The van der Waals surface area contributed by atoms with Gasteiger partial charge in [-0.3, -0.25) is 0 Å². The predicted molar refractivity (Wildman–Crippen MR) is 90.4 cm³/mol. The first kappa shape index (κ1) is 15.6. The molecule has 2 rings (SSSR count). The fourth-order valence-electron chi connectivity index (χ4n) is 2.08. The van der Waals surface area contributed by atoms with E-state index < -0.39 is 0 Å². The van der Waals surface area contributed by atoms with Gasteiger partial charge in [0, 0.05) is 24.8 Å². The van der Waals surface area contributed by atoms with Crippen molar-refractivity contribution in [2.24, 2.45) is 0 Å². The molecule has 22 heavy (non-hydrogen) atoms. The molecule has 0 saturated heterocycles. The predicted octanol–water partition coefficient (Wildman–Crippen LogP) is 4.08. The molecule has 2 aromatic rings. The summed E-state index contributed by atoms with van der Waals surface area (Å²) in [5.41, 5.74) is 1.49. The molecule has 0 N–H and O–H groups in total. The molecule has 0 aliphatic carbocycles. The highest BCUT2D eigenvalue weighted by atomic mass is 16.5. The summed E-state index contributed by atoms with van der Waals surface area (Å²) in [7, 11) is 0. The molecule has 0 heterocycles. The molecule has 2 aromatic carbocycles. The molecular formula is C19H19NO2. The van der Waals surface area contributed by atoms with Gasteiger partial charge in [-0.15, -0.1) is 13.2 Å². The molecule has 0 saturated carbocycles. The van der Waals surface area contributed by atoms with E-state index in [1.807, 2.05) is 48.6 Å². The molecule has 0 aliphatic heterocycles. The molecule has 0 radical (unpaired) electrons. The number of benzene rings is 2. The Hall–Kier alpha value is -2.81. The van der Waals surface area contributed by atoms with E-state index in [0.29, 0.717) is 24.4 Å². The second kappa shape index (κ2) is 7.84. The summed E-state index contributed by atoms with van der Waals surface area (Å²) in [6.07, 6.45) is 3.65. The van der Waals surface area contributed by atoms with Crippen LogP contribution in [0.4, 0.5) is 5.69 Å². The van der Waals surface area contributed by atoms with Crippen molar-refractivity contribution in [3.63, 3.8) is 0 Å². The van der Waals surface area contributed by atoms with Gasteiger partial charge in [0.05, 0.1) is 5.56 Å². The maximum absolute atomic E-state index is 12.1. The largest absolute Gasteiger partial charge is 0.423 e. The number of hydrogen-bond acceptors (Lipinski definition) is 3. The first-order valence-electron chi connectivity index (χ1n) is 7.08. The number of rotatable bonds is 7. The Kier molecular flexibility index (Phi) is 5.55. The number of ether oxygens (including phenoxy) is 1. The third-order valence-corrected chi connectivity index (χ3v) is 3.10. The molecule has 0 spiro atoms. The average molecular weight is 293 g/mol. The lowest BCUT2D eigenvalue weighted by Crippen LogP contribution is -2.23. The summed E-state index contributed by atoms with van der Waals surface area (Å²) in [5.74, 6) is 0.154. The van der Waals surface area contributed by atoms with Crippen LogP contribution in [0, 0.1) is 0 Å². The molecular weight excluding hydrogens is 274 g/mol. The summed E-state index contributed by atoms with van der Waals surface area (Å²) >= 11 is 0. The summed E-state index contributed by atoms with van der Waals surface area (Å²) < 4.78 is 5.43. The van der Waals surface area contributed by atoms with Gasteiger partial charge in [-0.2, -0.15) is 0 Å². The van der Waals surface area contributed by atoms with Gasteiger partial charge in [-0.05, 0) is 24.3 Å². The van der Waals surface area contributed by atoms with E-state index in [9.17, 15) is 4.79 Å². The van der Waals surface area contributed by atoms with Crippen LogP contribution in [0.25, 0.3) is 0 Å². The number of anilines is 1. The Morgan fingerprint density at radius 2 is 1.68 bits per heavy atom. The molecule has 3 nitrogen and oxygen atoms in total. The zero-order chi connectivity index (χ0) is 15.8. The van der Waals surface area contributed by atoms with E-state index in [-0.39, 0.29) is 5.97 Å². The maximum atomic E-state index is 12.1. The minimum atomic E-state index is -0.364. The highest BCUT2D eigenvalue weighted by Crippen LogP contribution is 2.22. The normalized spacial score (nSPS) is 9.82. The Morgan fingerprint density at radius 3 is 2.32 bits per heavy atom. The quantitative estimate of drug-likeness (QED) is 0.437. The van der Waals surface area contributed by atoms with Gasteiger partial charge in [0.15, 0.2) is 0 Å². The smallest absolute Gasteiger partial charge is 0.343 e. The van der Waals surface area contributed by atoms with Gasteiger partial charge in [-0.25, -0.2) is 4.79 Å². The Labute approximate surface area is 131 Å². The molecule has 0 aliphatic rings. The van der Waals surface area contributed by atoms with Gasteiger partial charge >= 0.3 is 5.97 Å². The Bertz CT molecular complexity index is 639. The molecule has 0 amide bonds. The molecule has 3 heteroatoms. The van der Waals surface area contributed by atoms with E-state index in [1.165, 1.54) is 0 Å². The van der Waals surface area contributed by atoms with Gasteiger partial charge in [0.25, 0.3) is 0 Å². The monoisotopic (exact) mass is 293 g/mol. The highest BCUT2D eigenvalue weighted by Gasteiger charge is 2.09. The van der Waals surface area contributed by atoms with Crippen LogP contribution >= 0.6 is 0 Å². The van der Waals surface area contributed by atoms with Crippen LogP contribution in [0.1, 0.15) is 10.4 Å². The third-order valence-electron chi connectivity index (χ3n) is 3.10. The van der Waals surface area contributed by atoms with Crippen LogP contribution in [0.15, 0.2) is 79.9 Å². The van der Waals surface area contributed by atoms with Crippen LogP contribution in [0.2, 0.25) is 0 Å². The highest BCUT2D eigenvalue weighted by molar-refractivity contribution is 5.91. The van der Waals surface area contributed by atoms with E-state index >= 15 is 0 Å². The zero-order valence-electron chi connectivity index (χ0n) is 12.4.